The molecule has 1 rings (SSSR count). The lowest BCUT2D eigenvalue weighted by Gasteiger charge is -2.11. The molecule has 0 aliphatic heterocycles. The maximum atomic E-state index is 11.5. The van der Waals surface area contributed by atoms with Gasteiger partial charge in [-0.2, -0.15) is 0 Å². The summed E-state index contributed by atoms with van der Waals surface area (Å²) in [7, 11) is 0. The summed E-state index contributed by atoms with van der Waals surface area (Å²) in [5, 5.41) is 5.11. The van der Waals surface area contributed by atoms with Gasteiger partial charge in [0.2, 0.25) is 5.91 Å². The van der Waals surface area contributed by atoms with Crippen LogP contribution in [0.4, 0.5) is 10.5 Å². The van der Waals surface area contributed by atoms with Gasteiger partial charge in [0.15, 0.2) is 0 Å². The van der Waals surface area contributed by atoms with Gasteiger partial charge in [0.25, 0.3) is 0 Å². The molecule has 3 amide bonds. The number of hydrogen-bond acceptors (Lipinski definition) is 3. The van der Waals surface area contributed by atoms with Crippen molar-refractivity contribution in [3.05, 3.63) is 29.8 Å². The van der Waals surface area contributed by atoms with Crippen LogP contribution < -0.4 is 22.1 Å². The highest BCUT2D eigenvalue weighted by atomic mass is 16.2. The lowest BCUT2D eigenvalue weighted by Crippen LogP contribution is -2.46. The number of para-hydroxylation sites is 1. The van der Waals surface area contributed by atoms with Crippen molar-refractivity contribution in [1.82, 2.24) is 5.32 Å². The summed E-state index contributed by atoms with van der Waals surface area (Å²) in [4.78, 5) is 22.1. The normalized spacial score (nSPS) is 11.6. The number of nitrogens with one attached hydrogen (secondary N) is 2. The number of aryl methyl sites for hydroxylation is 1. The Balaban J connectivity index is 2.46. The summed E-state index contributed by atoms with van der Waals surface area (Å²) >= 11 is 0. The fraction of sp³-hybridized carbons (Fsp3) is 0.273. The van der Waals surface area contributed by atoms with E-state index >= 15 is 0 Å². The molecule has 92 valence electrons. The van der Waals surface area contributed by atoms with Gasteiger partial charge in [0.1, 0.15) is 6.04 Å². The lowest BCUT2D eigenvalue weighted by atomic mass is 10.2. The summed E-state index contributed by atoms with van der Waals surface area (Å²) in [5.74, 6) is -0.652. The zero-order valence-electron chi connectivity index (χ0n) is 9.57. The van der Waals surface area contributed by atoms with Crippen LogP contribution in [0.15, 0.2) is 24.3 Å². The minimum Gasteiger partial charge on any atom is -0.368 e. The van der Waals surface area contributed by atoms with Gasteiger partial charge in [-0.15, -0.1) is 0 Å². The number of carbonyl (C=O) groups is 2. The standard InChI is InChI=1S/C11H16N4O2/c1-7-4-2-3-5-9(7)15-11(17)14-6-8(12)10(13)16/h2-5,8H,6,12H2,1H3,(H2,13,16)(H2,14,15,17)/t8-/m0/s1. The summed E-state index contributed by atoms with van der Waals surface area (Å²) in [6.45, 7) is 1.89. The van der Waals surface area contributed by atoms with Crippen molar-refractivity contribution in [2.75, 3.05) is 11.9 Å². The van der Waals surface area contributed by atoms with E-state index in [0.717, 1.165) is 5.56 Å². The Labute approximate surface area is 99.4 Å². The van der Waals surface area contributed by atoms with E-state index in [1.165, 1.54) is 0 Å². The van der Waals surface area contributed by atoms with Gasteiger partial charge >= 0.3 is 6.03 Å². The number of primary amides is 1. The molecular weight excluding hydrogens is 220 g/mol. The Hall–Kier alpha value is -2.08. The summed E-state index contributed by atoms with van der Waals surface area (Å²) in [6.07, 6.45) is 0. The highest BCUT2D eigenvalue weighted by Gasteiger charge is 2.10. The second-order valence-corrected chi connectivity index (χ2v) is 3.66. The second-order valence-electron chi connectivity index (χ2n) is 3.66. The molecule has 0 saturated heterocycles. The minimum atomic E-state index is -0.877. The summed E-state index contributed by atoms with van der Waals surface area (Å²) < 4.78 is 0. The monoisotopic (exact) mass is 236 g/mol. The number of benzene rings is 1. The molecule has 6 N–H and O–H groups in total. The van der Waals surface area contributed by atoms with E-state index in [-0.39, 0.29) is 6.54 Å². The van der Waals surface area contributed by atoms with Crippen LogP contribution in [0.1, 0.15) is 5.56 Å². The molecule has 0 bridgehead atoms. The van der Waals surface area contributed by atoms with E-state index in [2.05, 4.69) is 10.6 Å². The van der Waals surface area contributed by atoms with E-state index in [9.17, 15) is 9.59 Å². The zero-order chi connectivity index (χ0) is 12.8. The molecule has 0 heterocycles. The van der Waals surface area contributed by atoms with Crippen molar-refractivity contribution < 1.29 is 9.59 Å². The molecule has 1 atom stereocenters. The Morgan fingerprint density at radius 1 is 1.35 bits per heavy atom. The molecule has 6 heteroatoms. The Morgan fingerprint density at radius 3 is 2.59 bits per heavy atom. The van der Waals surface area contributed by atoms with Gasteiger partial charge in [-0.05, 0) is 18.6 Å². The van der Waals surface area contributed by atoms with E-state index in [0.29, 0.717) is 5.69 Å². The van der Waals surface area contributed by atoms with Gasteiger partial charge in [-0.25, -0.2) is 4.79 Å². The molecule has 6 nitrogen and oxygen atoms in total. The van der Waals surface area contributed by atoms with Gasteiger partial charge < -0.3 is 22.1 Å². The van der Waals surface area contributed by atoms with Crippen molar-refractivity contribution in [2.45, 2.75) is 13.0 Å². The first-order valence-electron chi connectivity index (χ1n) is 5.16. The van der Waals surface area contributed by atoms with Crippen molar-refractivity contribution in [3.8, 4) is 0 Å². The molecule has 17 heavy (non-hydrogen) atoms. The fourth-order valence-electron chi connectivity index (χ4n) is 1.18. The molecule has 0 unspecified atom stereocenters. The Bertz CT molecular complexity index is 420. The van der Waals surface area contributed by atoms with Crippen molar-refractivity contribution in [2.24, 2.45) is 11.5 Å². The summed E-state index contributed by atoms with van der Waals surface area (Å²) in [6, 6.07) is 6.06. The van der Waals surface area contributed by atoms with Gasteiger partial charge in [0.05, 0.1) is 0 Å². The van der Waals surface area contributed by atoms with Gasteiger partial charge in [-0.3, -0.25) is 4.79 Å². The topological polar surface area (TPSA) is 110 Å². The van der Waals surface area contributed by atoms with Crippen molar-refractivity contribution in [3.63, 3.8) is 0 Å². The lowest BCUT2D eigenvalue weighted by molar-refractivity contribution is -0.119. The maximum Gasteiger partial charge on any atom is 0.319 e. The number of amides is 3. The zero-order valence-corrected chi connectivity index (χ0v) is 9.57. The third-order valence-electron chi connectivity index (χ3n) is 2.24. The molecule has 0 spiro atoms. The van der Waals surface area contributed by atoms with Gasteiger partial charge in [0, 0.05) is 12.2 Å². The van der Waals surface area contributed by atoms with Gasteiger partial charge in [-0.1, -0.05) is 18.2 Å². The smallest absolute Gasteiger partial charge is 0.319 e. The van der Waals surface area contributed by atoms with E-state index in [1.54, 1.807) is 6.07 Å². The minimum absolute atomic E-state index is 0.00699. The van der Waals surface area contributed by atoms with Crippen molar-refractivity contribution in [1.29, 1.82) is 0 Å². The van der Waals surface area contributed by atoms with Crippen LogP contribution in [0.2, 0.25) is 0 Å². The number of anilines is 1. The van der Waals surface area contributed by atoms with Crippen LogP contribution in [0, 0.1) is 6.92 Å². The molecule has 1 aromatic rings. The van der Waals surface area contributed by atoms with E-state index < -0.39 is 18.0 Å². The molecule has 0 aliphatic carbocycles. The molecule has 1 aromatic carbocycles. The quantitative estimate of drug-likeness (QED) is 0.587. The molecule has 0 radical (unpaired) electrons. The van der Waals surface area contributed by atoms with Crippen LogP contribution in [-0.4, -0.2) is 24.5 Å². The molecule has 0 saturated carbocycles. The third kappa shape index (κ3) is 4.12. The van der Waals surface area contributed by atoms with Crippen LogP contribution >= 0.6 is 0 Å². The number of hydrogen-bond donors (Lipinski definition) is 4. The van der Waals surface area contributed by atoms with Crippen LogP contribution in [0.5, 0.6) is 0 Å². The molecule has 0 aliphatic rings. The number of rotatable bonds is 4. The molecular formula is C11H16N4O2. The highest BCUT2D eigenvalue weighted by molar-refractivity contribution is 5.90. The Morgan fingerprint density at radius 2 is 2.00 bits per heavy atom. The fourth-order valence-corrected chi connectivity index (χ4v) is 1.18. The Kier molecular flexibility index (Phi) is 4.47. The SMILES string of the molecule is Cc1ccccc1NC(=O)NC[C@H](N)C(N)=O. The first-order valence-corrected chi connectivity index (χ1v) is 5.16. The van der Waals surface area contributed by atoms with E-state index in [1.807, 2.05) is 25.1 Å². The predicted molar refractivity (Wildman–Crippen MR) is 65.4 cm³/mol. The van der Waals surface area contributed by atoms with Crippen LogP contribution in [0.25, 0.3) is 0 Å². The number of urea groups is 1. The molecule has 0 fully saturated rings. The first-order chi connectivity index (χ1) is 8.00. The van der Waals surface area contributed by atoms with Crippen LogP contribution in [0.3, 0.4) is 0 Å². The summed E-state index contributed by atoms with van der Waals surface area (Å²) in [5.41, 5.74) is 12.0. The number of carbonyl (C=O) groups excluding carboxylic acids is 2. The van der Waals surface area contributed by atoms with Crippen LogP contribution in [-0.2, 0) is 4.79 Å². The average Bonchev–Trinajstić information content (AvgIpc) is 2.29. The maximum absolute atomic E-state index is 11.5. The number of nitrogens with two attached hydrogens (primary N) is 2. The largest absolute Gasteiger partial charge is 0.368 e. The van der Waals surface area contributed by atoms with E-state index in [4.69, 9.17) is 11.5 Å². The highest BCUT2D eigenvalue weighted by Crippen LogP contribution is 2.12. The second kappa shape index (κ2) is 5.86. The molecule has 0 aromatic heterocycles. The first kappa shape index (κ1) is 13.0. The average molecular weight is 236 g/mol. The predicted octanol–water partition coefficient (Wildman–Crippen LogP) is -0.0709. The third-order valence-corrected chi connectivity index (χ3v) is 2.24. The van der Waals surface area contributed by atoms with Crippen molar-refractivity contribution >= 4 is 17.6 Å².